The van der Waals surface area contributed by atoms with Crippen molar-refractivity contribution in [3.05, 3.63) is 54.1 Å². The van der Waals surface area contributed by atoms with Gasteiger partial charge in [0.1, 0.15) is 5.75 Å². The van der Waals surface area contributed by atoms with Crippen molar-refractivity contribution in [2.75, 3.05) is 13.2 Å². The van der Waals surface area contributed by atoms with Gasteiger partial charge in [0.2, 0.25) is 0 Å². The molecule has 0 aromatic heterocycles. The van der Waals surface area contributed by atoms with Crippen LogP contribution in [0.25, 0.3) is 11.1 Å². The Morgan fingerprint density at radius 2 is 1.44 bits per heavy atom. The first-order valence-corrected chi connectivity index (χ1v) is 12.1. The van der Waals surface area contributed by atoms with Gasteiger partial charge < -0.3 is 14.2 Å². The molecule has 2 fully saturated rings. The number of halogens is 4. The van der Waals surface area contributed by atoms with Crippen molar-refractivity contribution in [2.45, 2.75) is 70.2 Å². The summed E-state index contributed by atoms with van der Waals surface area (Å²) >= 11 is 0. The molecule has 7 heteroatoms. The van der Waals surface area contributed by atoms with Crippen molar-refractivity contribution >= 4 is 0 Å². The van der Waals surface area contributed by atoms with Gasteiger partial charge in [-0.3, -0.25) is 0 Å². The largest absolute Gasteiger partial charge is 0.461 e. The van der Waals surface area contributed by atoms with Gasteiger partial charge in [0.05, 0.1) is 13.2 Å². The Hall–Kier alpha value is -2.12. The minimum absolute atomic E-state index is 0.0657. The van der Waals surface area contributed by atoms with E-state index < -0.39 is 12.5 Å². The van der Waals surface area contributed by atoms with Gasteiger partial charge in [-0.2, -0.15) is 17.6 Å². The van der Waals surface area contributed by atoms with E-state index in [0.29, 0.717) is 17.8 Å². The summed E-state index contributed by atoms with van der Waals surface area (Å²) < 4.78 is 66.9. The number of alkyl halides is 4. The summed E-state index contributed by atoms with van der Waals surface area (Å²) in [4.78, 5) is 0. The summed E-state index contributed by atoms with van der Waals surface area (Å²) in [5.74, 6) is 1.18. The average molecular weight is 481 g/mol. The van der Waals surface area contributed by atoms with Gasteiger partial charge in [0, 0.05) is 11.8 Å². The van der Waals surface area contributed by atoms with E-state index >= 15 is 0 Å². The van der Waals surface area contributed by atoms with Crippen LogP contribution in [-0.4, -0.2) is 32.0 Å². The molecule has 186 valence electrons. The quantitative estimate of drug-likeness (QED) is 0.363. The van der Waals surface area contributed by atoms with Crippen molar-refractivity contribution in [3.8, 4) is 16.9 Å². The molecular weight excluding hydrogens is 448 g/mol. The molecular formula is C27H32F4O3. The maximum Gasteiger partial charge on any atom is 0.461 e. The Labute approximate surface area is 198 Å². The summed E-state index contributed by atoms with van der Waals surface area (Å²) in [6.07, 6.45) is -1.78. The van der Waals surface area contributed by atoms with Crippen LogP contribution in [0.4, 0.5) is 17.6 Å². The van der Waals surface area contributed by atoms with Gasteiger partial charge in [-0.15, -0.1) is 0 Å². The lowest BCUT2D eigenvalue weighted by atomic mass is 9.78. The van der Waals surface area contributed by atoms with Crippen molar-refractivity contribution in [2.24, 2.45) is 11.8 Å². The first-order valence-electron chi connectivity index (χ1n) is 12.1. The van der Waals surface area contributed by atoms with Crippen LogP contribution in [0.1, 0.15) is 56.9 Å². The average Bonchev–Trinajstić information content (AvgIpc) is 2.85. The Balaban J connectivity index is 1.29. The monoisotopic (exact) mass is 480 g/mol. The molecule has 1 saturated carbocycles. The van der Waals surface area contributed by atoms with E-state index in [0.717, 1.165) is 62.9 Å². The third-order valence-electron chi connectivity index (χ3n) is 6.92. The maximum absolute atomic E-state index is 13.1. The van der Waals surface area contributed by atoms with Crippen molar-refractivity contribution in [3.63, 3.8) is 0 Å². The second-order valence-electron chi connectivity index (χ2n) is 9.41. The highest BCUT2D eigenvalue weighted by molar-refractivity contribution is 5.64. The fraction of sp³-hybridized carbons (Fsp3) is 0.556. The molecule has 0 atom stereocenters. The number of hydrogen-bond acceptors (Lipinski definition) is 3. The Bertz CT molecular complexity index is 885. The lowest BCUT2D eigenvalue weighted by Gasteiger charge is -2.37. The third kappa shape index (κ3) is 6.11. The van der Waals surface area contributed by atoms with E-state index in [2.05, 4.69) is 23.8 Å². The van der Waals surface area contributed by atoms with E-state index in [9.17, 15) is 17.6 Å². The zero-order chi connectivity index (χ0) is 24.1. The second-order valence-corrected chi connectivity index (χ2v) is 9.41. The van der Waals surface area contributed by atoms with E-state index in [1.165, 1.54) is 17.7 Å². The summed E-state index contributed by atoms with van der Waals surface area (Å²) in [7, 11) is 0. The smallest absolute Gasteiger partial charge is 0.428 e. The molecule has 0 N–H and O–H groups in total. The maximum atomic E-state index is 13.1. The van der Waals surface area contributed by atoms with Crippen LogP contribution in [0.5, 0.6) is 5.75 Å². The molecule has 2 aromatic carbocycles. The van der Waals surface area contributed by atoms with E-state index in [1.54, 1.807) is 12.1 Å². The minimum atomic E-state index is -4.51. The fourth-order valence-electron chi connectivity index (χ4n) is 4.99. The van der Waals surface area contributed by atoms with E-state index in [-0.39, 0.29) is 12.0 Å². The number of ether oxygens (including phenoxy) is 3. The van der Waals surface area contributed by atoms with Gasteiger partial charge in [-0.05, 0) is 66.8 Å². The molecule has 0 amide bonds. The predicted octanol–water partition coefficient (Wildman–Crippen LogP) is 7.65. The van der Waals surface area contributed by atoms with Gasteiger partial charge in [-0.1, -0.05) is 49.7 Å². The van der Waals surface area contributed by atoms with Crippen LogP contribution >= 0.6 is 0 Å². The van der Waals surface area contributed by atoms with Crippen LogP contribution in [-0.2, 0) is 9.47 Å². The molecule has 1 aliphatic carbocycles. The standard InChI is InChI=1S/C27H32F4O3/c1-2-3-18-16-32-25(33-17-18)23-10-8-21(9-11-23)19-4-6-20(7-5-19)22-12-14-24(15-13-22)34-27(30,31)26(28)29/h4-7,12-15,18,21,23,25-26H,2-3,8-11,16-17H2,1H3. The van der Waals surface area contributed by atoms with Gasteiger partial charge in [-0.25, -0.2) is 0 Å². The normalized spacial score (nSPS) is 25.9. The first kappa shape index (κ1) is 25.0. The summed E-state index contributed by atoms with van der Waals surface area (Å²) in [5, 5.41) is 0. The highest BCUT2D eigenvalue weighted by Gasteiger charge is 2.44. The van der Waals surface area contributed by atoms with Crippen molar-refractivity contribution < 1.29 is 31.8 Å². The molecule has 2 aliphatic rings. The Morgan fingerprint density at radius 3 is 1.97 bits per heavy atom. The predicted molar refractivity (Wildman–Crippen MR) is 122 cm³/mol. The molecule has 0 radical (unpaired) electrons. The summed E-state index contributed by atoms with van der Waals surface area (Å²) in [6.45, 7) is 3.80. The first-order chi connectivity index (χ1) is 16.4. The number of benzene rings is 2. The summed E-state index contributed by atoms with van der Waals surface area (Å²) in [6, 6.07) is 14.0. The van der Waals surface area contributed by atoms with Crippen LogP contribution in [0.3, 0.4) is 0 Å². The summed E-state index contributed by atoms with van der Waals surface area (Å²) in [5.41, 5.74) is 3.01. The number of hydrogen-bond donors (Lipinski definition) is 0. The molecule has 4 rings (SSSR count). The lowest BCUT2D eigenvalue weighted by molar-refractivity contribution is -0.253. The number of rotatable bonds is 8. The minimum Gasteiger partial charge on any atom is -0.428 e. The Morgan fingerprint density at radius 1 is 0.882 bits per heavy atom. The van der Waals surface area contributed by atoms with Crippen molar-refractivity contribution in [1.29, 1.82) is 0 Å². The molecule has 0 spiro atoms. The van der Waals surface area contributed by atoms with E-state index in [1.807, 2.05) is 12.1 Å². The molecule has 3 nitrogen and oxygen atoms in total. The molecule has 0 bridgehead atoms. The Kier molecular flexibility index (Phi) is 8.14. The van der Waals surface area contributed by atoms with Gasteiger partial charge in [0.15, 0.2) is 6.29 Å². The van der Waals surface area contributed by atoms with Gasteiger partial charge >= 0.3 is 12.5 Å². The zero-order valence-corrected chi connectivity index (χ0v) is 19.4. The zero-order valence-electron chi connectivity index (χ0n) is 19.4. The van der Waals surface area contributed by atoms with E-state index in [4.69, 9.17) is 9.47 Å². The third-order valence-corrected chi connectivity index (χ3v) is 6.92. The van der Waals surface area contributed by atoms with Crippen LogP contribution < -0.4 is 4.74 Å². The molecule has 0 unspecified atom stereocenters. The SMILES string of the molecule is CCCC1COC(C2CCC(c3ccc(-c4ccc(OC(F)(F)C(F)F)cc4)cc3)CC2)OC1. The van der Waals surface area contributed by atoms with Crippen molar-refractivity contribution in [1.82, 2.24) is 0 Å². The topological polar surface area (TPSA) is 27.7 Å². The molecule has 2 aromatic rings. The highest BCUT2D eigenvalue weighted by atomic mass is 19.3. The molecule has 1 heterocycles. The molecule has 34 heavy (non-hydrogen) atoms. The van der Waals surface area contributed by atoms with Crippen LogP contribution in [0.15, 0.2) is 48.5 Å². The molecule has 1 saturated heterocycles. The van der Waals surface area contributed by atoms with Crippen LogP contribution in [0.2, 0.25) is 0 Å². The lowest BCUT2D eigenvalue weighted by Crippen LogP contribution is -2.38. The van der Waals surface area contributed by atoms with Gasteiger partial charge in [0.25, 0.3) is 0 Å². The highest BCUT2D eigenvalue weighted by Crippen LogP contribution is 2.39. The van der Waals surface area contributed by atoms with Crippen LogP contribution in [0, 0.1) is 11.8 Å². The second kappa shape index (κ2) is 11.1. The molecule has 1 aliphatic heterocycles. The fourth-order valence-corrected chi connectivity index (χ4v) is 4.99.